The van der Waals surface area contributed by atoms with E-state index in [4.69, 9.17) is 0 Å². The Labute approximate surface area is 113 Å². The normalized spacial score (nSPS) is 18.7. The monoisotopic (exact) mass is 273 g/mol. The minimum absolute atomic E-state index is 0. The van der Waals surface area contributed by atoms with Gasteiger partial charge in [-0.1, -0.05) is 0 Å². The molecule has 0 spiro atoms. The Hall–Kier alpha value is -0.770. The highest BCUT2D eigenvalue weighted by Gasteiger charge is 2.16. The summed E-state index contributed by atoms with van der Waals surface area (Å²) in [7, 11) is 0. The number of nitrogens with one attached hydrogen (secondary N) is 2. The molecule has 1 fully saturated rings. The number of H-pyrrole nitrogens is 1. The molecule has 1 atom stereocenters. The second kappa shape index (κ2) is 6.24. The predicted molar refractivity (Wildman–Crippen MR) is 75.3 cm³/mol. The van der Waals surface area contributed by atoms with Crippen molar-refractivity contribution < 1.29 is 0 Å². The molecule has 94 valence electrons. The van der Waals surface area contributed by atoms with E-state index in [-0.39, 0.29) is 24.8 Å². The number of rotatable bonds is 2. The third kappa shape index (κ3) is 2.92. The predicted octanol–water partition coefficient (Wildman–Crippen LogP) is 2.70. The third-order valence-corrected chi connectivity index (χ3v) is 3.17. The highest BCUT2D eigenvalue weighted by atomic mass is 35.5. The van der Waals surface area contributed by atoms with Gasteiger partial charge in [0.05, 0.1) is 0 Å². The van der Waals surface area contributed by atoms with Crippen LogP contribution in [0.4, 0.5) is 0 Å². The lowest BCUT2D eigenvalue weighted by Crippen LogP contribution is -2.23. The molecule has 2 aromatic rings. The van der Waals surface area contributed by atoms with Crippen LogP contribution in [0.5, 0.6) is 0 Å². The van der Waals surface area contributed by atoms with Crippen LogP contribution in [-0.2, 0) is 6.42 Å². The smallest absolute Gasteiger partial charge is 0.137 e. The van der Waals surface area contributed by atoms with Crippen molar-refractivity contribution in [3.63, 3.8) is 0 Å². The van der Waals surface area contributed by atoms with Crippen molar-refractivity contribution in [2.45, 2.75) is 25.3 Å². The summed E-state index contributed by atoms with van der Waals surface area (Å²) in [5.74, 6) is 0. The van der Waals surface area contributed by atoms with E-state index in [0.717, 1.165) is 12.1 Å². The number of fused-ring (bicyclic) bond motifs is 1. The number of pyridine rings is 1. The van der Waals surface area contributed by atoms with Crippen LogP contribution in [0.1, 0.15) is 18.4 Å². The zero-order valence-corrected chi connectivity index (χ0v) is 11.1. The molecule has 2 N–H and O–H groups in total. The Bertz CT molecular complexity index is 463. The maximum atomic E-state index is 4.30. The summed E-state index contributed by atoms with van der Waals surface area (Å²) in [6.45, 7) is 1.17. The molecule has 1 aliphatic heterocycles. The van der Waals surface area contributed by atoms with E-state index in [1.165, 1.54) is 30.3 Å². The van der Waals surface area contributed by atoms with Crippen molar-refractivity contribution >= 4 is 35.8 Å². The Kier molecular flexibility index (Phi) is 5.25. The van der Waals surface area contributed by atoms with Crippen LogP contribution in [-0.4, -0.2) is 22.6 Å². The minimum Gasteiger partial charge on any atom is -0.346 e. The second-order valence-electron chi connectivity index (χ2n) is 4.21. The van der Waals surface area contributed by atoms with Crippen LogP contribution in [0, 0.1) is 0 Å². The summed E-state index contributed by atoms with van der Waals surface area (Å²) in [6, 6.07) is 4.80. The van der Waals surface area contributed by atoms with Gasteiger partial charge in [0.15, 0.2) is 0 Å². The average molecular weight is 274 g/mol. The zero-order chi connectivity index (χ0) is 10.1. The van der Waals surface area contributed by atoms with Crippen molar-refractivity contribution in [1.29, 1.82) is 0 Å². The number of halogens is 2. The van der Waals surface area contributed by atoms with Crippen molar-refractivity contribution in [2.75, 3.05) is 6.54 Å². The number of aromatic nitrogens is 2. The molecule has 17 heavy (non-hydrogen) atoms. The van der Waals surface area contributed by atoms with Crippen LogP contribution in [0.15, 0.2) is 24.5 Å². The number of aromatic amines is 1. The summed E-state index contributed by atoms with van der Waals surface area (Å²) in [5, 5.41) is 4.79. The molecule has 0 saturated carbocycles. The topological polar surface area (TPSA) is 40.7 Å². The molecular formula is C12H17Cl2N3. The first kappa shape index (κ1) is 14.3. The quantitative estimate of drug-likeness (QED) is 0.884. The molecule has 3 rings (SSSR count). The second-order valence-corrected chi connectivity index (χ2v) is 4.21. The lowest BCUT2D eigenvalue weighted by molar-refractivity contribution is 0.605. The Morgan fingerprint density at radius 2 is 2.24 bits per heavy atom. The van der Waals surface area contributed by atoms with Crippen molar-refractivity contribution in [1.82, 2.24) is 15.3 Å². The number of hydrogen-bond acceptors (Lipinski definition) is 2. The molecular weight excluding hydrogens is 257 g/mol. The summed E-state index contributed by atoms with van der Waals surface area (Å²) >= 11 is 0. The van der Waals surface area contributed by atoms with Crippen molar-refractivity contribution in [3.8, 4) is 0 Å². The number of hydrogen-bond donors (Lipinski definition) is 2. The van der Waals surface area contributed by atoms with Gasteiger partial charge >= 0.3 is 0 Å². The van der Waals surface area contributed by atoms with Gasteiger partial charge in [-0.25, -0.2) is 4.98 Å². The minimum atomic E-state index is 0. The number of nitrogens with zero attached hydrogens (tertiary/aromatic N) is 1. The van der Waals surface area contributed by atoms with E-state index in [1.807, 2.05) is 12.3 Å². The molecule has 2 aromatic heterocycles. The molecule has 3 nitrogen and oxygen atoms in total. The molecule has 1 aliphatic rings. The van der Waals surface area contributed by atoms with E-state index < -0.39 is 0 Å². The molecule has 0 amide bonds. The van der Waals surface area contributed by atoms with Crippen LogP contribution >= 0.6 is 24.8 Å². The Balaban J connectivity index is 0.000000722. The van der Waals surface area contributed by atoms with Gasteiger partial charge in [-0.15, -0.1) is 24.8 Å². The average Bonchev–Trinajstić information content (AvgIpc) is 2.89. The van der Waals surface area contributed by atoms with Gasteiger partial charge in [-0.3, -0.25) is 0 Å². The van der Waals surface area contributed by atoms with Crippen molar-refractivity contribution in [2.24, 2.45) is 0 Å². The molecule has 0 radical (unpaired) electrons. The summed E-state index contributed by atoms with van der Waals surface area (Å²) in [6.07, 6.45) is 7.65. The fourth-order valence-electron chi connectivity index (χ4n) is 2.38. The first-order valence-corrected chi connectivity index (χ1v) is 5.58. The lowest BCUT2D eigenvalue weighted by Gasteiger charge is -2.08. The van der Waals surface area contributed by atoms with E-state index in [0.29, 0.717) is 6.04 Å². The van der Waals surface area contributed by atoms with Gasteiger partial charge in [-0.05, 0) is 43.5 Å². The highest BCUT2D eigenvalue weighted by molar-refractivity contribution is 5.85. The highest BCUT2D eigenvalue weighted by Crippen LogP contribution is 2.19. The SMILES string of the molecule is Cl.Cl.c1cnc2[nH]cc(C[C@H]3CCCN3)c2c1. The van der Waals surface area contributed by atoms with Gasteiger partial charge in [-0.2, -0.15) is 0 Å². The molecule has 0 aliphatic carbocycles. The van der Waals surface area contributed by atoms with Crippen LogP contribution in [0.3, 0.4) is 0 Å². The maximum Gasteiger partial charge on any atom is 0.137 e. The molecule has 0 bridgehead atoms. The van der Waals surface area contributed by atoms with Crippen LogP contribution < -0.4 is 5.32 Å². The molecule has 5 heteroatoms. The lowest BCUT2D eigenvalue weighted by atomic mass is 10.1. The van der Waals surface area contributed by atoms with Gasteiger partial charge in [0.25, 0.3) is 0 Å². The summed E-state index contributed by atoms with van der Waals surface area (Å²) < 4.78 is 0. The van der Waals surface area contributed by atoms with Gasteiger partial charge in [0.1, 0.15) is 5.65 Å². The van der Waals surface area contributed by atoms with E-state index in [2.05, 4.69) is 27.5 Å². The maximum absolute atomic E-state index is 4.30. The van der Waals surface area contributed by atoms with E-state index in [1.54, 1.807) is 0 Å². The summed E-state index contributed by atoms with van der Waals surface area (Å²) in [4.78, 5) is 7.52. The fourth-order valence-corrected chi connectivity index (χ4v) is 2.38. The van der Waals surface area contributed by atoms with Gasteiger partial charge in [0, 0.05) is 23.8 Å². The molecule has 1 saturated heterocycles. The Morgan fingerprint density at radius 1 is 1.35 bits per heavy atom. The van der Waals surface area contributed by atoms with Crippen LogP contribution in [0.25, 0.3) is 11.0 Å². The standard InChI is InChI=1S/C12H15N3.2ClH/c1-3-10(13-5-1)7-9-8-15-12-11(9)4-2-6-14-12;;/h2,4,6,8,10,13H,1,3,5,7H2,(H,14,15);2*1H/t10-;;/m1../s1. The first-order chi connectivity index (χ1) is 7.43. The molecule has 0 aromatic carbocycles. The largest absolute Gasteiger partial charge is 0.346 e. The molecule has 3 heterocycles. The van der Waals surface area contributed by atoms with E-state index >= 15 is 0 Å². The van der Waals surface area contributed by atoms with Gasteiger partial charge in [0.2, 0.25) is 0 Å². The fraction of sp³-hybridized carbons (Fsp3) is 0.417. The van der Waals surface area contributed by atoms with Crippen molar-refractivity contribution in [3.05, 3.63) is 30.1 Å². The van der Waals surface area contributed by atoms with E-state index in [9.17, 15) is 0 Å². The van der Waals surface area contributed by atoms with Gasteiger partial charge < -0.3 is 10.3 Å². The molecule has 0 unspecified atom stereocenters. The Morgan fingerprint density at radius 3 is 3.00 bits per heavy atom. The summed E-state index contributed by atoms with van der Waals surface area (Å²) in [5.41, 5.74) is 2.39. The zero-order valence-electron chi connectivity index (χ0n) is 9.48. The third-order valence-electron chi connectivity index (χ3n) is 3.17. The first-order valence-electron chi connectivity index (χ1n) is 5.58. The van der Waals surface area contributed by atoms with Crippen LogP contribution in [0.2, 0.25) is 0 Å².